The zero-order valence-corrected chi connectivity index (χ0v) is 15.4. The molecule has 0 unspecified atom stereocenters. The normalized spacial score (nSPS) is 21.1. The van der Waals surface area contributed by atoms with E-state index >= 15 is 0 Å². The largest absolute Gasteiger partial charge is 0.323 e. The van der Waals surface area contributed by atoms with Crippen LogP contribution in [0, 0.1) is 0 Å². The first-order valence-electron chi connectivity index (χ1n) is 9.96. The number of hydrogen-bond donors (Lipinski definition) is 1. The minimum absolute atomic E-state index is 0.0217. The predicted molar refractivity (Wildman–Crippen MR) is 101 cm³/mol. The second-order valence-corrected chi connectivity index (χ2v) is 7.80. The lowest BCUT2D eigenvalue weighted by Gasteiger charge is -2.22. The molecule has 2 amide bonds. The van der Waals surface area contributed by atoms with Crippen LogP contribution in [-0.2, 0) is 0 Å². The number of carbonyl (C=O) groups excluding carboxylic acids is 1. The Morgan fingerprint density at radius 3 is 2.70 bits per heavy atom. The van der Waals surface area contributed by atoms with Crippen LogP contribution in [0.5, 0.6) is 0 Å². The van der Waals surface area contributed by atoms with Crippen LogP contribution in [-0.4, -0.2) is 68.3 Å². The van der Waals surface area contributed by atoms with Crippen LogP contribution in [0.2, 0.25) is 0 Å². The second-order valence-electron chi connectivity index (χ2n) is 7.80. The molecule has 1 aromatic heterocycles. The Balaban J connectivity index is 1.26. The van der Waals surface area contributed by atoms with Gasteiger partial charge in [-0.05, 0) is 54.7 Å². The molecule has 5 rings (SSSR count). The third-order valence-corrected chi connectivity index (χ3v) is 5.64. The van der Waals surface area contributed by atoms with E-state index in [0.717, 1.165) is 68.6 Å². The minimum atomic E-state index is -0.0217. The molecule has 27 heavy (non-hydrogen) atoms. The maximum absolute atomic E-state index is 12.7. The molecule has 0 radical (unpaired) electrons. The van der Waals surface area contributed by atoms with Crippen LogP contribution >= 0.6 is 0 Å². The van der Waals surface area contributed by atoms with Gasteiger partial charge in [-0.2, -0.15) is 0 Å². The van der Waals surface area contributed by atoms with Gasteiger partial charge in [-0.25, -0.2) is 9.48 Å². The molecule has 0 spiro atoms. The van der Waals surface area contributed by atoms with Crippen molar-refractivity contribution in [2.24, 2.45) is 0 Å². The first kappa shape index (κ1) is 16.7. The van der Waals surface area contributed by atoms with Crippen LogP contribution in [0.1, 0.15) is 38.1 Å². The molecule has 1 saturated heterocycles. The molecule has 1 N–H and O–H groups in total. The number of nitrogens with one attached hydrogen (secondary N) is 1. The van der Waals surface area contributed by atoms with Gasteiger partial charge in [-0.1, -0.05) is 12.1 Å². The van der Waals surface area contributed by atoms with Crippen LogP contribution in [0.15, 0.2) is 24.3 Å². The van der Waals surface area contributed by atoms with Crippen molar-refractivity contribution in [3.63, 3.8) is 0 Å². The number of benzene rings is 1. The van der Waals surface area contributed by atoms with Gasteiger partial charge in [0, 0.05) is 43.5 Å². The average Bonchev–Trinajstić information content (AvgIpc) is 3.58. The maximum atomic E-state index is 12.7. The Morgan fingerprint density at radius 2 is 1.89 bits per heavy atom. The number of urea groups is 1. The fourth-order valence-electron chi connectivity index (χ4n) is 3.83. The molecule has 1 aromatic carbocycles. The lowest BCUT2D eigenvalue weighted by Crippen LogP contribution is -2.38. The molecule has 8 nitrogen and oxygen atoms in total. The van der Waals surface area contributed by atoms with E-state index in [9.17, 15) is 4.79 Å². The number of rotatable bonds is 4. The third kappa shape index (κ3) is 3.66. The van der Waals surface area contributed by atoms with Crippen molar-refractivity contribution >= 4 is 11.7 Å². The molecule has 8 heteroatoms. The van der Waals surface area contributed by atoms with E-state index in [4.69, 9.17) is 0 Å². The molecule has 0 atom stereocenters. The predicted octanol–water partition coefficient (Wildman–Crippen LogP) is 2.38. The summed E-state index contributed by atoms with van der Waals surface area (Å²) in [6.07, 6.45) is 5.93. The van der Waals surface area contributed by atoms with Gasteiger partial charge in [0.15, 0.2) is 5.82 Å². The summed E-state index contributed by atoms with van der Waals surface area (Å²) in [5.41, 5.74) is 1.71. The van der Waals surface area contributed by atoms with Crippen molar-refractivity contribution in [3.05, 3.63) is 24.3 Å². The third-order valence-electron chi connectivity index (χ3n) is 5.64. The van der Waals surface area contributed by atoms with E-state index in [-0.39, 0.29) is 6.03 Å². The molecule has 3 fully saturated rings. The van der Waals surface area contributed by atoms with E-state index < -0.39 is 0 Å². The summed E-state index contributed by atoms with van der Waals surface area (Å²) in [4.78, 5) is 17.2. The highest BCUT2D eigenvalue weighted by molar-refractivity contribution is 5.90. The monoisotopic (exact) mass is 367 g/mol. The quantitative estimate of drug-likeness (QED) is 0.897. The van der Waals surface area contributed by atoms with E-state index in [0.29, 0.717) is 6.04 Å². The van der Waals surface area contributed by atoms with Crippen molar-refractivity contribution in [2.45, 2.75) is 44.2 Å². The zero-order chi connectivity index (χ0) is 18.2. The first-order valence-corrected chi connectivity index (χ1v) is 9.96. The number of tetrazole rings is 1. The Bertz CT molecular complexity index is 827. The highest BCUT2D eigenvalue weighted by Crippen LogP contribution is 2.36. The summed E-state index contributed by atoms with van der Waals surface area (Å²) < 4.78 is 1.89. The molecule has 2 heterocycles. The molecule has 1 aliphatic heterocycles. The summed E-state index contributed by atoms with van der Waals surface area (Å²) in [5, 5.41) is 15.2. The summed E-state index contributed by atoms with van der Waals surface area (Å²) in [7, 11) is 0. The highest BCUT2D eigenvalue weighted by Gasteiger charge is 2.31. The van der Waals surface area contributed by atoms with Gasteiger partial charge < -0.3 is 10.2 Å². The average molecular weight is 367 g/mol. The smallest absolute Gasteiger partial charge is 0.321 e. The van der Waals surface area contributed by atoms with E-state index in [1.807, 2.05) is 33.8 Å². The topological polar surface area (TPSA) is 79.2 Å². The van der Waals surface area contributed by atoms with Crippen molar-refractivity contribution < 1.29 is 4.79 Å². The second kappa shape index (κ2) is 6.92. The lowest BCUT2D eigenvalue weighted by atomic mass is 10.2. The minimum Gasteiger partial charge on any atom is -0.323 e. The van der Waals surface area contributed by atoms with E-state index in [2.05, 4.69) is 25.7 Å². The Hall–Kier alpha value is -2.48. The van der Waals surface area contributed by atoms with E-state index in [1.165, 1.54) is 12.8 Å². The number of amides is 2. The molecule has 0 bridgehead atoms. The molecule has 2 saturated carbocycles. The highest BCUT2D eigenvalue weighted by atomic mass is 16.2. The van der Waals surface area contributed by atoms with Crippen LogP contribution < -0.4 is 5.32 Å². The summed E-state index contributed by atoms with van der Waals surface area (Å²) in [5.74, 6) is 0.767. The summed E-state index contributed by atoms with van der Waals surface area (Å²) >= 11 is 0. The van der Waals surface area contributed by atoms with Crippen LogP contribution in [0.3, 0.4) is 0 Å². The summed E-state index contributed by atoms with van der Waals surface area (Å²) in [6, 6.07) is 8.96. The first-order chi connectivity index (χ1) is 13.3. The van der Waals surface area contributed by atoms with Gasteiger partial charge in [-0.15, -0.1) is 5.10 Å². The number of anilines is 1. The Morgan fingerprint density at radius 1 is 1.04 bits per heavy atom. The van der Waals surface area contributed by atoms with Gasteiger partial charge >= 0.3 is 6.03 Å². The standard InChI is InChI=1S/C19H25N7O/c27-19(25-10-2-9-24(11-12-25)16-5-6-16)20-15-4-1-3-14(13-15)18-21-22-23-26(18)17-7-8-17/h1,3-4,13,16-17H,2,5-12H2,(H,20,27). The Kier molecular flexibility index (Phi) is 4.27. The van der Waals surface area contributed by atoms with Crippen LogP contribution in [0.25, 0.3) is 11.4 Å². The van der Waals surface area contributed by atoms with Crippen LogP contribution in [0.4, 0.5) is 10.5 Å². The number of nitrogens with zero attached hydrogens (tertiary/aromatic N) is 6. The van der Waals surface area contributed by atoms with E-state index in [1.54, 1.807) is 0 Å². The number of carbonyl (C=O) groups is 1. The van der Waals surface area contributed by atoms with Crippen molar-refractivity contribution in [1.82, 2.24) is 30.0 Å². The molecular formula is C19H25N7O. The molecule has 2 aromatic rings. The fraction of sp³-hybridized carbons (Fsp3) is 0.579. The molecule has 2 aliphatic carbocycles. The van der Waals surface area contributed by atoms with Gasteiger partial charge in [0.05, 0.1) is 6.04 Å². The van der Waals surface area contributed by atoms with Gasteiger partial charge in [0.25, 0.3) is 0 Å². The van der Waals surface area contributed by atoms with Gasteiger partial charge in [-0.3, -0.25) is 4.90 Å². The lowest BCUT2D eigenvalue weighted by molar-refractivity contribution is 0.211. The molecule has 142 valence electrons. The molecular weight excluding hydrogens is 342 g/mol. The number of aromatic nitrogens is 4. The maximum Gasteiger partial charge on any atom is 0.321 e. The number of hydrogen-bond acceptors (Lipinski definition) is 5. The van der Waals surface area contributed by atoms with Crippen molar-refractivity contribution in [1.29, 1.82) is 0 Å². The van der Waals surface area contributed by atoms with Gasteiger partial charge in [0.1, 0.15) is 0 Å². The summed E-state index contributed by atoms with van der Waals surface area (Å²) in [6.45, 7) is 3.69. The SMILES string of the molecule is O=C(Nc1cccc(-c2nnnn2C2CC2)c1)N1CCCN(C2CC2)CC1. The Labute approximate surface area is 158 Å². The molecule has 3 aliphatic rings. The fourth-order valence-corrected chi connectivity index (χ4v) is 3.83. The van der Waals surface area contributed by atoms with Crippen molar-refractivity contribution in [2.75, 3.05) is 31.5 Å². The van der Waals surface area contributed by atoms with Gasteiger partial charge in [0.2, 0.25) is 0 Å². The van der Waals surface area contributed by atoms with Crippen molar-refractivity contribution in [3.8, 4) is 11.4 Å². The zero-order valence-electron chi connectivity index (χ0n) is 15.4.